The van der Waals surface area contributed by atoms with E-state index in [1.807, 2.05) is 42.6 Å². The van der Waals surface area contributed by atoms with Crippen LogP contribution in [0.25, 0.3) is 10.9 Å². The van der Waals surface area contributed by atoms with Crippen LogP contribution in [0, 0.1) is 6.92 Å². The number of hydrogen-bond donors (Lipinski definition) is 1. The fourth-order valence-corrected chi connectivity index (χ4v) is 2.81. The predicted octanol–water partition coefficient (Wildman–Crippen LogP) is 2.94. The number of nitrogens with zero attached hydrogens (tertiary/aromatic N) is 2. The molecule has 0 spiro atoms. The van der Waals surface area contributed by atoms with E-state index in [2.05, 4.69) is 9.97 Å². The average Bonchev–Trinajstić information content (AvgIpc) is 2.91. The summed E-state index contributed by atoms with van der Waals surface area (Å²) in [7, 11) is 0. The lowest BCUT2D eigenvalue weighted by Gasteiger charge is -2.06. The van der Waals surface area contributed by atoms with Gasteiger partial charge >= 0.3 is 5.97 Å². The van der Waals surface area contributed by atoms with Gasteiger partial charge < -0.3 is 10.5 Å². The second-order valence-electron chi connectivity index (χ2n) is 4.55. The number of thiophene rings is 1. The Morgan fingerprint density at radius 1 is 1.29 bits per heavy atom. The first-order valence-electron chi connectivity index (χ1n) is 6.37. The molecule has 2 aromatic heterocycles. The number of carbonyl (C=O) groups excluding carboxylic acids is 1. The highest BCUT2D eigenvalue weighted by Crippen LogP contribution is 2.19. The highest BCUT2D eigenvalue weighted by atomic mass is 32.1. The molecule has 0 radical (unpaired) electrons. The van der Waals surface area contributed by atoms with Gasteiger partial charge in [-0.3, -0.25) is 0 Å². The van der Waals surface area contributed by atoms with E-state index < -0.39 is 0 Å². The number of ether oxygens (including phenoxy) is 1. The van der Waals surface area contributed by atoms with E-state index in [-0.39, 0.29) is 12.6 Å². The van der Waals surface area contributed by atoms with Gasteiger partial charge in [0.25, 0.3) is 0 Å². The summed E-state index contributed by atoms with van der Waals surface area (Å²) in [5.74, 6) is 0.422. The molecule has 0 unspecified atom stereocenters. The molecular formula is C15H13N3O2S. The molecule has 2 N–H and O–H groups in total. The number of hydrogen-bond acceptors (Lipinski definition) is 6. The summed E-state index contributed by atoms with van der Waals surface area (Å²) < 4.78 is 5.25. The van der Waals surface area contributed by atoms with Crippen LogP contribution in [0.5, 0.6) is 0 Å². The predicted molar refractivity (Wildman–Crippen MR) is 82.1 cm³/mol. The fourth-order valence-electron chi connectivity index (χ4n) is 1.99. The van der Waals surface area contributed by atoms with Crippen molar-refractivity contribution in [3.63, 3.8) is 0 Å². The zero-order valence-electron chi connectivity index (χ0n) is 11.4. The quantitative estimate of drug-likeness (QED) is 0.752. The molecule has 1 aromatic carbocycles. The standard InChI is InChI=1S/C15H13N3O2S/c1-9-6-7-21-13(9)15(19)20-8-12-17-11-5-3-2-4-10(11)14(16)18-12/h2-7H,8H2,1H3,(H2,16,17,18). The molecule has 5 nitrogen and oxygen atoms in total. The number of anilines is 1. The Labute approximate surface area is 125 Å². The third-order valence-corrected chi connectivity index (χ3v) is 4.06. The van der Waals surface area contributed by atoms with Crippen molar-refractivity contribution in [1.29, 1.82) is 0 Å². The molecule has 106 valence electrons. The maximum atomic E-state index is 11.9. The number of aromatic nitrogens is 2. The minimum absolute atomic E-state index is 0.00517. The Hall–Kier alpha value is -2.47. The molecule has 2 heterocycles. The number of rotatable bonds is 3. The lowest BCUT2D eigenvalue weighted by Crippen LogP contribution is -2.08. The normalized spacial score (nSPS) is 10.7. The summed E-state index contributed by atoms with van der Waals surface area (Å²) in [6, 6.07) is 9.34. The van der Waals surface area contributed by atoms with Crippen molar-refractivity contribution in [3.8, 4) is 0 Å². The second kappa shape index (κ2) is 5.49. The molecular weight excluding hydrogens is 286 g/mol. The lowest BCUT2D eigenvalue weighted by atomic mass is 10.2. The molecule has 0 saturated heterocycles. The Kier molecular flexibility index (Phi) is 3.53. The molecule has 0 aliphatic carbocycles. The molecule has 0 aliphatic heterocycles. The summed E-state index contributed by atoms with van der Waals surface area (Å²) in [5.41, 5.74) is 7.54. The Balaban J connectivity index is 1.79. The zero-order chi connectivity index (χ0) is 14.8. The van der Waals surface area contributed by atoms with E-state index in [0.29, 0.717) is 16.5 Å². The molecule has 3 rings (SSSR count). The number of para-hydroxylation sites is 1. The topological polar surface area (TPSA) is 78.1 Å². The van der Waals surface area contributed by atoms with Gasteiger partial charge in [-0.1, -0.05) is 12.1 Å². The minimum Gasteiger partial charge on any atom is -0.453 e. The highest BCUT2D eigenvalue weighted by molar-refractivity contribution is 7.12. The second-order valence-corrected chi connectivity index (χ2v) is 5.47. The Bertz CT molecular complexity index is 814. The highest BCUT2D eigenvalue weighted by Gasteiger charge is 2.13. The number of carbonyl (C=O) groups is 1. The van der Waals surface area contributed by atoms with Gasteiger partial charge in [-0.15, -0.1) is 11.3 Å². The Morgan fingerprint density at radius 3 is 2.86 bits per heavy atom. The number of esters is 1. The molecule has 21 heavy (non-hydrogen) atoms. The fraction of sp³-hybridized carbons (Fsp3) is 0.133. The van der Waals surface area contributed by atoms with Crippen LogP contribution < -0.4 is 5.73 Å². The van der Waals surface area contributed by atoms with E-state index in [1.165, 1.54) is 11.3 Å². The van der Waals surface area contributed by atoms with Crippen LogP contribution in [-0.4, -0.2) is 15.9 Å². The average molecular weight is 299 g/mol. The zero-order valence-corrected chi connectivity index (χ0v) is 12.2. The van der Waals surface area contributed by atoms with Gasteiger partial charge in [0.15, 0.2) is 12.4 Å². The van der Waals surface area contributed by atoms with Gasteiger partial charge in [0.05, 0.1) is 5.52 Å². The maximum absolute atomic E-state index is 11.9. The van der Waals surface area contributed by atoms with Crippen LogP contribution in [0.2, 0.25) is 0 Å². The van der Waals surface area contributed by atoms with Gasteiger partial charge in [-0.25, -0.2) is 14.8 Å². The summed E-state index contributed by atoms with van der Waals surface area (Å²) in [6.45, 7) is 1.88. The van der Waals surface area contributed by atoms with Crippen molar-refractivity contribution in [2.24, 2.45) is 0 Å². The van der Waals surface area contributed by atoms with E-state index in [4.69, 9.17) is 10.5 Å². The molecule has 0 atom stereocenters. The van der Waals surface area contributed by atoms with Gasteiger partial charge in [0.2, 0.25) is 0 Å². The van der Waals surface area contributed by atoms with Crippen LogP contribution in [0.3, 0.4) is 0 Å². The first-order chi connectivity index (χ1) is 10.1. The van der Waals surface area contributed by atoms with Crippen LogP contribution in [0.15, 0.2) is 35.7 Å². The monoisotopic (exact) mass is 299 g/mol. The molecule has 0 amide bonds. The van der Waals surface area contributed by atoms with E-state index in [0.717, 1.165) is 16.5 Å². The van der Waals surface area contributed by atoms with Crippen molar-refractivity contribution in [3.05, 3.63) is 52.0 Å². The smallest absolute Gasteiger partial charge is 0.349 e. The van der Waals surface area contributed by atoms with Gasteiger partial charge in [0.1, 0.15) is 10.7 Å². The lowest BCUT2D eigenvalue weighted by molar-refractivity contribution is 0.0468. The number of nitrogen functional groups attached to an aromatic ring is 1. The Morgan fingerprint density at radius 2 is 2.10 bits per heavy atom. The number of nitrogens with two attached hydrogens (primary N) is 1. The molecule has 3 aromatic rings. The maximum Gasteiger partial charge on any atom is 0.349 e. The van der Waals surface area contributed by atoms with Crippen molar-refractivity contribution >= 4 is 34.0 Å². The summed E-state index contributed by atoms with van der Waals surface area (Å²) in [4.78, 5) is 21.1. The third kappa shape index (κ3) is 2.71. The van der Waals surface area contributed by atoms with Crippen molar-refractivity contribution < 1.29 is 9.53 Å². The number of benzene rings is 1. The third-order valence-electron chi connectivity index (χ3n) is 3.06. The van der Waals surface area contributed by atoms with Crippen LogP contribution in [0.4, 0.5) is 5.82 Å². The first kappa shape index (κ1) is 13.5. The summed E-state index contributed by atoms with van der Waals surface area (Å²) in [5, 5.41) is 2.65. The van der Waals surface area contributed by atoms with E-state index >= 15 is 0 Å². The van der Waals surface area contributed by atoms with Crippen molar-refractivity contribution in [1.82, 2.24) is 9.97 Å². The first-order valence-corrected chi connectivity index (χ1v) is 7.25. The molecule has 6 heteroatoms. The van der Waals surface area contributed by atoms with Crippen LogP contribution in [0.1, 0.15) is 21.1 Å². The van der Waals surface area contributed by atoms with Crippen LogP contribution >= 0.6 is 11.3 Å². The molecule has 0 aliphatic rings. The largest absolute Gasteiger partial charge is 0.453 e. The summed E-state index contributed by atoms with van der Waals surface area (Å²) >= 11 is 1.36. The number of aryl methyl sites for hydroxylation is 1. The van der Waals surface area contributed by atoms with Gasteiger partial charge in [-0.2, -0.15) is 0 Å². The number of fused-ring (bicyclic) bond motifs is 1. The van der Waals surface area contributed by atoms with E-state index in [1.54, 1.807) is 0 Å². The van der Waals surface area contributed by atoms with E-state index in [9.17, 15) is 4.79 Å². The van der Waals surface area contributed by atoms with Crippen molar-refractivity contribution in [2.45, 2.75) is 13.5 Å². The molecule has 0 fully saturated rings. The molecule has 0 saturated carbocycles. The molecule has 0 bridgehead atoms. The van der Waals surface area contributed by atoms with Gasteiger partial charge in [0, 0.05) is 5.39 Å². The van der Waals surface area contributed by atoms with Crippen LogP contribution in [-0.2, 0) is 11.3 Å². The SMILES string of the molecule is Cc1ccsc1C(=O)OCc1nc(N)c2ccccc2n1. The minimum atomic E-state index is -0.363. The van der Waals surface area contributed by atoms with Crippen molar-refractivity contribution in [2.75, 3.05) is 5.73 Å². The van der Waals surface area contributed by atoms with Gasteiger partial charge in [-0.05, 0) is 36.1 Å². The summed E-state index contributed by atoms with van der Waals surface area (Å²) in [6.07, 6.45) is 0.